The molecule has 0 spiro atoms. The van der Waals surface area contributed by atoms with E-state index in [4.69, 9.17) is 9.47 Å². The van der Waals surface area contributed by atoms with E-state index in [2.05, 4.69) is 24.6 Å². The van der Waals surface area contributed by atoms with Gasteiger partial charge in [0.1, 0.15) is 23.7 Å². The number of hydrazone groups is 1. The zero-order valence-electron chi connectivity index (χ0n) is 21.4. The highest BCUT2D eigenvalue weighted by Crippen LogP contribution is 2.41. The van der Waals surface area contributed by atoms with Crippen molar-refractivity contribution in [1.29, 1.82) is 0 Å². The Labute approximate surface area is 223 Å². The van der Waals surface area contributed by atoms with Crippen molar-refractivity contribution in [2.75, 3.05) is 19.8 Å². The van der Waals surface area contributed by atoms with Crippen molar-refractivity contribution in [1.82, 2.24) is 24.8 Å². The summed E-state index contributed by atoms with van der Waals surface area (Å²) in [7, 11) is -4.38. The number of guanidine groups is 1. The van der Waals surface area contributed by atoms with E-state index in [1.54, 1.807) is 25.1 Å². The zero-order chi connectivity index (χ0) is 28.4. The number of aliphatic hydroxyl groups excluding tert-OH is 1. The number of halogens is 3. The van der Waals surface area contributed by atoms with Crippen molar-refractivity contribution < 1.29 is 41.0 Å². The van der Waals surface area contributed by atoms with Crippen molar-refractivity contribution in [3.8, 4) is 5.75 Å². The molecule has 2 aliphatic rings. The van der Waals surface area contributed by atoms with Gasteiger partial charge in [-0.2, -0.15) is 4.84 Å². The summed E-state index contributed by atoms with van der Waals surface area (Å²) >= 11 is 0. The van der Waals surface area contributed by atoms with E-state index in [-0.39, 0.29) is 35.5 Å². The minimum absolute atomic E-state index is 0.130. The monoisotopic (exact) mass is 574 g/mol. The van der Waals surface area contributed by atoms with Gasteiger partial charge in [0.25, 0.3) is 0 Å². The number of alkyl halides is 3. The molecule has 0 aliphatic carbocycles. The first-order chi connectivity index (χ1) is 18.4. The highest BCUT2D eigenvalue weighted by atomic mass is 32.2. The maximum absolute atomic E-state index is 13.6. The topological polar surface area (TPSA) is 139 Å². The van der Waals surface area contributed by atoms with Crippen LogP contribution >= 0.6 is 0 Å². The Kier molecular flexibility index (Phi) is 8.48. The Hall–Kier alpha value is -3.21. The molecule has 0 radical (unpaired) electrons. The second-order valence-electron chi connectivity index (χ2n) is 8.99. The average Bonchev–Trinajstić information content (AvgIpc) is 3.10. The molecular formula is C23H29F3N6O6S. The summed E-state index contributed by atoms with van der Waals surface area (Å²) in [5.74, 6) is -0.128. The van der Waals surface area contributed by atoms with Gasteiger partial charge in [0.05, 0.1) is 12.6 Å². The summed E-state index contributed by atoms with van der Waals surface area (Å²) in [5.41, 5.74) is 0.984. The van der Waals surface area contributed by atoms with Crippen LogP contribution in [0.2, 0.25) is 0 Å². The van der Waals surface area contributed by atoms with E-state index in [1.807, 2.05) is 6.92 Å². The number of fused-ring (bicyclic) bond motifs is 3. The van der Waals surface area contributed by atoms with Gasteiger partial charge in [-0.1, -0.05) is 25.1 Å². The molecule has 2 aliphatic heterocycles. The number of benzene rings is 1. The van der Waals surface area contributed by atoms with E-state index in [0.29, 0.717) is 6.42 Å². The summed E-state index contributed by atoms with van der Waals surface area (Å²) < 4.78 is 81.0. The van der Waals surface area contributed by atoms with E-state index < -0.39 is 52.5 Å². The average molecular weight is 575 g/mol. The van der Waals surface area contributed by atoms with E-state index in [1.165, 1.54) is 30.3 Å². The van der Waals surface area contributed by atoms with Crippen molar-refractivity contribution in [3.05, 3.63) is 53.6 Å². The van der Waals surface area contributed by atoms with Gasteiger partial charge in [0.15, 0.2) is 12.0 Å². The molecule has 1 unspecified atom stereocenters. The summed E-state index contributed by atoms with van der Waals surface area (Å²) in [4.78, 5) is 13.7. The van der Waals surface area contributed by atoms with Crippen LogP contribution in [0.4, 0.5) is 13.2 Å². The van der Waals surface area contributed by atoms with E-state index in [0.717, 1.165) is 5.56 Å². The number of para-hydroxylation sites is 1. The van der Waals surface area contributed by atoms with Crippen LogP contribution in [-0.4, -0.2) is 77.0 Å². The van der Waals surface area contributed by atoms with Gasteiger partial charge in [0.2, 0.25) is 16.0 Å². The lowest BCUT2D eigenvalue weighted by molar-refractivity contribution is -0.427. The first kappa shape index (κ1) is 28.8. The molecule has 1 aromatic carbocycles. The third-order valence-electron chi connectivity index (χ3n) is 6.05. The number of aromatic nitrogens is 2. The van der Waals surface area contributed by atoms with Gasteiger partial charge in [-0.3, -0.25) is 4.72 Å². The molecule has 3 heterocycles. The lowest BCUT2D eigenvalue weighted by atomic mass is 10.1. The molecule has 12 nitrogen and oxygen atoms in total. The van der Waals surface area contributed by atoms with E-state index in [9.17, 15) is 26.7 Å². The second kappa shape index (κ2) is 11.5. The predicted molar refractivity (Wildman–Crippen MR) is 131 cm³/mol. The number of nitrogens with zero attached hydrogens (tertiary/aromatic N) is 5. The summed E-state index contributed by atoms with van der Waals surface area (Å²) in [6, 6.07) is 5.27. The molecule has 0 amide bonds. The van der Waals surface area contributed by atoms with E-state index >= 15 is 0 Å². The number of sulfonamides is 1. The fourth-order valence-corrected chi connectivity index (χ4v) is 5.25. The van der Waals surface area contributed by atoms with Crippen molar-refractivity contribution >= 4 is 16.0 Å². The summed E-state index contributed by atoms with van der Waals surface area (Å²) in [6.07, 6.45) is -4.00. The number of hydroxylamine groups is 1. The lowest BCUT2D eigenvalue weighted by Gasteiger charge is -2.33. The molecule has 0 saturated heterocycles. The number of aliphatic hydroxyl groups is 1. The Morgan fingerprint density at radius 3 is 2.59 bits per heavy atom. The van der Waals surface area contributed by atoms with Crippen LogP contribution in [0.3, 0.4) is 0 Å². The lowest BCUT2D eigenvalue weighted by Crippen LogP contribution is -2.53. The Morgan fingerprint density at radius 2 is 1.95 bits per heavy atom. The molecule has 4 atom stereocenters. The molecule has 4 rings (SSSR count). The Morgan fingerprint density at radius 1 is 1.26 bits per heavy atom. The first-order valence-electron chi connectivity index (χ1n) is 12.1. The maximum Gasteiger partial charge on any atom is 0.545 e. The minimum atomic E-state index is -5.14. The number of hydrogen-bond donors (Lipinski definition) is 2. The zero-order valence-corrected chi connectivity index (χ0v) is 22.2. The van der Waals surface area contributed by atoms with Crippen molar-refractivity contribution in [2.45, 2.75) is 57.1 Å². The van der Waals surface area contributed by atoms with Crippen LogP contribution in [0.5, 0.6) is 5.75 Å². The predicted octanol–water partition coefficient (Wildman–Crippen LogP) is 2.35. The fraction of sp³-hybridized carbons (Fsp3) is 0.522. The molecule has 16 heteroatoms. The SMILES string of the molecule is CCCO[C@@H](c1ncc(C)cn1)[C@H](C)S(=O)(=O)NC1=NN(OC(F)(F)F)C2c3ccccc3OC[C@@H](CO)N12. The molecule has 0 fully saturated rings. The molecule has 2 N–H and O–H groups in total. The van der Waals surface area contributed by atoms with Crippen molar-refractivity contribution in [2.24, 2.45) is 5.10 Å². The number of nitrogens with one attached hydrogen (secondary N) is 1. The normalized spacial score (nSPS) is 20.8. The number of ether oxygens (including phenoxy) is 2. The molecule has 39 heavy (non-hydrogen) atoms. The van der Waals surface area contributed by atoms with Gasteiger partial charge in [-0.15, -0.1) is 23.4 Å². The molecular weight excluding hydrogens is 545 g/mol. The third-order valence-corrected chi connectivity index (χ3v) is 7.74. The highest BCUT2D eigenvalue weighted by Gasteiger charge is 2.49. The van der Waals surface area contributed by atoms with Gasteiger partial charge in [0, 0.05) is 24.6 Å². The van der Waals surface area contributed by atoms with Crippen LogP contribution in [-0.2, 0) is 19.6 Å². The quantitative estimate of drug-likeness (QED) is 0.459. The summed E-state index contributed by atoms with van der Waals surface area (Å²) in [6.45, 7) is 4.45. The van der Waals surface area contributed by atoms with Crippen molar-refractivity contribution in [3.63, 3.8) is 0 Å². The molecule has 1 aromatic heterocycles. The fourth-order valence-electron chi connectivity index (χ4n) is 4.14. The Balaban J connectivity index is 1.71. The molecule has 0 saturated carbocycles. The van der Waals surface area contributed by atoms with Gasteiger partial charge in [-0.05, 0) is 31.9 Å². The third kappa shape index (κ3) is 6.34. The molecule has 0 bridgehead atoms. The number of aryl methyl sites for hydroxylation is 1. The largest absolute Gasteiger partial charge is 0.545 e. The number of hydrogen-bond acceptors (Lipinski definition) is 11. The highest BCUT2D eigenvalue weighted by molar-refractivity contribution is 7.90. The standard InChI is InChI=1S/C23H29F3N6O6S/c1-4-9-36-19(20-27-10-14(2)11-28-20)15(3)39(34,35)30-22-29-32(38-23(24,25)26)21-17-7-5-6-8-18(17)37-13-16(12-33)31(21)22/h5-8,10-11,15-16,19,21,33H,4,9,12-13H2,1-3H3,(H,29,30)/t15-,16+,19+,21?/m0/s1. The van der Waals surface area contributed by atoms with Gasteiger partial charge >= 0.3 is 6.36 Å². The second-order valence-corrected chi connectivity index (χ2v) is 11.0. The molecule has 2 aromatic rings. The Bertz CT molecular complexity index is 1280. The minimum Gasteiger partial charge on any atom is -0.491 e. The molecule has 214 valence electrons. The van der Waals surface area contributed by atoms with Crippen LogP contribution in [0.25, 0.3) is 0 Å². The van der Waals surface area contributed by atoms with Crippen LogP contribution in [0, 0.1) is 6.92 Å². The number of rotatable bonds is 9. The van der Waals surface area contributed by atoms with Gasteiger partial charge < -0.3 is 19.5 Å². The van der Waals surface area contributed by atoms with Crippen LogP contribution < -0.4 is 9.46 Å². The first-order valence-corrected chi connectivity index (χ1v) is 13.7. The smallest absolute Gasteiger partial charge is 0.491 e. The van der Waals surface area contributed by atoms with Crippen LogP contribution in [0.15, 0.2) is 41.8 Å². The van der Waals surface area contributed by atoms with Gasteiger partial charge in [-0.25, -0.2) is 18.4 Å². The summed E-state index contributed by atoms with van der Waals surface area (Å²) in [5, 5.41) is 12.9. The maximum atomic E-state index is 13.6. The van der Waals surface area contributed by atoms with Crippen LogP contribution in [0.1, 0.15) is 49.5 Å².